The molecule has 2 heterocycles. The number of sulfonamides is 1. The predicted octanol–water partition coefficient (Wildman–Crippen LogP) is 4.48. The molecule has 4 rings (SSSR count). The van der Waals surface area contributed by atoms with Crippen molar-refractivity contribution >= 4 is 64.6 Å². The minimum Gasteiger partial charge on any atom is -0.354 e. The molecule has 2 N–H and O–H groups in total. The Hall–Kier alpha value is -2.95. The number of benzene rings is 2. The van der Waals surface area contributed by atoms with Gasteiger partial charge in [0.25, 0.3) is 15.9 Å². The highest BCUT2D eigenvalue weighted by Crippen LogP contribution is 2.34. The smallest absolute Gasteiger partial charge is 0.265 e. The summed E-state index contributed by atoms with van der Waals surface area (Å²) in [4.78, 5) is 20.7. The van der Waals surface area contributed by atoms with Gasteiger partial charge in [-0.25, -0.2) is 13.4 Å². The summed E-state index contributed by atoms with van der Waals surface area (Å²) in [6, 6.07) is 16.6. The van der Waals surface area contributed by atoms with Crippen molar-refractivity contribution < 1.29 is 13.2 Å². The van der Waals surface area contributed by atoms with Crippen molar-refractivity contribution in [2.24, 2.45) is 0 Å². The van der Waals surface area contributed by atoms with Gasteiger partial charge in [-0.3, -0.25) is 9.52 Å². The lowest BCUT2D eigenvalue weighted by Gasteiger charge is -2.13. The van der Waals surface area contributed by atoms with Crippen molar-refractivity contribution in [3.8, 4) is 0 Å². The molecule has 0 bridgehead atoms. The molecule has 0 atom stereocenters. The van der Waals surface area contributed by atoms with E-state index < -0.39 is 10.0 Å². The number of fused-ring (bicyclic) bond motifs is 1. The molecule has 1 amide bonds. The Morgan fingerprint density at radius 1 is 0.967 bits per heavy atom. The van der Waals surface area contributed by atoms with Crippen LogP contribution in [0.25, 0.3) is 9.53 Å². The summed E-state index contributed by atoms with van der Waals surface area (Å²) in [5, 5.41) is 3.68. The van der Waals surface area contributed by atoms with E-state index in [4.69, 9.17) is 0 Å². The van der Waals surface area contributed by atoms with Crippen molar-refractivity contribution in [3.05, 3.63) is 65.5 Å². The van der Waals surface area contributed by atoms with E-state index in [2.05, 4.69) is 15.0 Å². The van der Waals surface area contributed by atoms with Crippen LogP contribution in [0, 0.1) is 0 Å². The van der Waals surface area contributed by atoms with E-state index in [0.29, 0.717) is 16.3 Å². The van der Waals surface area contributed by atoms with E-state index in [9.17, 15) is 13.2 Å². The summed E-state index contributed by atoms with van der Waals surface area (Å²) in [7, 11) is 0.0677. The van der Waals surface area contributed by atoms with Gasteiger partial charge in [-0.15, -0.1) is 11.3 Å². The number of carbonyl (C=O) groups is 1. The third-order valence-corrected chi connectivity index (χ3v) is 7.87. The first kappa shape index (κ1) is 20.3. The Bertz CT molecular complexity index is 1280. The van der Waals surface area contributed by atoms with E-state index in [1.807, 2.05) is 19.0 Å². The highest BCUT2D eigenvalue weighted by molar-refractivity contribution is 7.92. The summed E-state index contributed by atoms with van der Waals surface area (Å²) >= 11 is 2.81. The van der Waals surface area contributed by atoms with Gasteiger partial charge in [-0.1, -0.05) is 41.7 Å². The van der Waals surface area contributed by atoms with Crippen molar-refractivity contribution in [2.75, 3.05) is 29.0 Å². The van der Waals surface area contributed by atoms with E-state index >= 15 is 0 Å². The largest absolute Gasteiger partial charge is 0.354 e. The molecule has 0 unspecified atom stereocenters. The normalized spacial score (nSPS) is 11.4. The summed E-state index contributed by atoms with van der Waals surface area (Å²) in [5.41, 5.74) is 0.668. The standard InChI is InChI=1S/C20H18N4O3S3/c1-24(2)20-22-19-17(29-20)12-16(28-19)18(25)21-14-10-6-7-11-15(14)23-30(26,27)13-8-4-3-5-9-13/h3-12,23H,1-2H3,(H,21,25). The molecule has 0 spiro atoms. The molecule has 0 saturated carbocycles. The van der Waals surface area contributed by atoms with Crippen molar-refractivity contribution in [3.63, 3.8) is 0 Å². The van der Waals surface area contributed by atoms with E-state index in [1.54, 1.807) is 48.5 Å². The first-order chi connectivity index (χ1) is 14.3. The fourth-order valence-corrected chi connectivity index (χ4v) is 5.82. The number of thiazole rings is 1. The van der Waals surface area contributed by atoms with Crippen LogP contribution in [0.1, 0.15) is 9.67 Å². The van der Waals surface area contributed by atoms with E-state index in [0.717, 1.165) is 14.7 Å². The maximum atomic E-state index is 12.8. The van der Waals surface area contributed by atoms with Crippen LogP contribution in [0.15, 0.2) is 65.6 Å². The number of para-hydroxylation sites is 2. The van der Waals surface area contributed by atoms with Crippen LogP contribution in [0.4, 0.5) is 16.5 Å². The SMILES string of the molecule is CN(C)c1nc2sc(C(=O)Nc3ccccc3NS(=O)(=O)c3ccccc3)cc2s1. The van der Waals surface area contributed by atoms with Gasteiger partial charge in [0.2, 0.25) is 0 Å². The van der Waals surface area contributed by atoms with Crippen LogP contribution < -0.4 is 14.9 Å². The third kappa shape index (κ3) is 4.16. The molecule has 0 aliphatic heterocycles. The second kappa shape index (κ2) is 8.05. The Kier molecular flexibility index (Phi) is 5.46. The zero-order chi connectivity index (χ0) is 21.3. The number of carbonyl (C=O) groups excluding carboxylic acids is 1. The molecular formula is C20H18N4O3S3. The van der Waals surface area contributed by atoms with Crippen molar-refractivity contribution in [1.29, 1.82) is 0 Å². The number of thiophene rings is 1. The highest BCUT2D eigenvalue weighted by atomic mass is 32.2. The third-order valence-electron chi connectivity index (χ3n) is 4.16. The fraction of sp³-hybridized carbons (Fsp3) is 0.100. The molecule has 2 aromatic heterocycles. The van der Waals surface area contributed by atoms with Gasteiger partial charge in [-0.05, 0) is 30.3 Å². The lowest BCUT2D eigenvalue weighted by Crippen LogP contribution is -2.16. The summed E-state index contributed by atoms with van der Waals surface area (Å²) < 4.78 is 28.8. The summed E-state index contributed by atoms with van der Waals surface area (Å²) in [6.45, 7) is 0. The average molecular weight is 459 g/mol. The lowest BCUT2D eigenvalue weighted by atomic mass is 10.2. The number of hydrogen-bond acceptors (Lipinski definition) is 7. The highest BCUT2D eigenvalue weighted by Gasteiger charge is 2.18. The monoisotopic (exact) mass is 458 g/mol. The molecule has 0 aliphatic carbocycles. The minimum absolute atomic E-state index is 0.146. The molecule has 0 fully saturated rings. The number of rotatable bonds is 6. The molecule has 0 radical (unpaired) electrons. The van der Waals surface area contributed by atoms with Gasteiger partial charge in [0.1, 0.15) is 4.83 Å². The second-order valence-corrected chi connectivity index (χ2v) is 10.3. The van der Waals surface area contributed by atoms with Crippen LogP contribution in [0.2, 0.25) is 0 Å². The molecule has 2 aromatic carbocycles. The van der Waals surface area contributed by atoms with Crippen molar-refractivity contribution in [2.45, 2.75) is 4.90 Å². The predicted molar refractivity (Wildman–Crippen MR) is 123 cm³/mol. The first-order valence-corrected chi connectivity index (χ1v) is 12.0. The first-order valence-electron chi connectivity index (χ1n) is 8.89. The molecule has 7 nitrogen and oxygen atoms in total. The fourth-order valence-electron chi connectivity index (χ4n) is 2.70. The van der Waals surface area contributed by atoms with Crippen molar-refractivity contribution in [1.82, 2.24) is 4.98 Å². The minimum atomic E-state index is -3.77. The molecule has 0 saturated heterocycles. The quantitative estimate of drug-likeness (QED) is 0.445. The Labute approximate surface area is 182 Å². The van der Waals surface area contributed by atoms with Crippen LogP contribution >= 0.6 is 22.7 Å². The van der Waals surface area contributed by atoms with Gasteiger partial charge < -0.3 is 10.2 Å². The average Bonchev–Trinajstić information content (AvgIpc) is 3.29. The second-order valence-electron chi connectivity index (χ2n) is 6.59. The van der Waals surface area contributed by atoms with E-state index in [-0.39, 0.29) is 10.8 Å². The van der Waals surface area contributed by atoms with Crippen LogP contribution in [0.5, 0.6) is 0 Å². The lowest BCUT2D eigenvalue weighted by molar-refractivity contribution is 0.103. The Morgan fingerprint density at radius 2 is 1.63 bits per heavy atom. The zero-order valence-corrected chi connectivity index (χ0v) is 18.6. The van der Waals surface area contributed by atoms with Gasteiger partial charge in [0.15, 0.2) is 5.13 Å². The molecule has 154 valence electrons. The number of amides is 1. The maximum Gasteiger partial charge on any atom is 0.265 e. The maximum absolute atomic E-state index is 12.8. The number of nitrogens with zero attached hydrogens (tertiary/aromatic N) is 2. The topological polar surface area (TPSA) is 91.4 Å². The molecule has 0 aliphatic rings. The number of aromatic nitrogens is 1. The van der Waals surface area contributed by atoms with Crippen LogP contribution in [-0.4, -0.2) is 33.4 Å². The summed E-state index contributed by atoms with van der Waals surface area (Å²) in [5.74, 6) is -0.317. The van der Waals surface area contributed by atoms with Gasteiger partial charge in [0, 0.05) is 14.1 Å². The molecule has 10 heteroatoms. The molecule has 30 heavy (non-hydrogen) atoms. The Morgan fingerprint density at radius 3 is 2.30 bits per heavy atom. The number of hydrogen-bond donors (Lipinski definition) is 2. The van der Waals surface area contributed by atoms with Gasteiger partial charge in [-0.2, -0.15) is 0 Å². The van der Waals surface area contributed by atoms with E-state index in [1.165, 1.54) is 34.8 Å². The van der Waals surface area contributed by atoms with Crippen LogP contribution in [0.3, 0.4) is 0 Å². The zero-order valence-electron chi connectivity index (χ0n) is 16.1. The van der Waals surface area contributed by atoms with Gasteiger partial charge in [0.05, 0.1) is 25.8 Å². The molecular weight excluding hydrogens is 440 g/mol. The molecule has 4 aromatic rings. The number of nitrogens with one attached hydrogen (secondary N) is 2. The van der Waals surface area contributed by atoms with Gasteiger partial charge >= 0.3 is 0 Å². The number of anilines is 3. The Balaban J connectivity index is 1.57. The summed E-state index contributed by atoms with van der Waals surface area (Å²) in [6.07, 6.45) is 0. The van der Waals surface area contributed by atoms with Crippen LogP contribution in [-0.2, 0) is 10.0 Å².